The fourth-order valence-electron chi connectivity index (χ4n) is 1.43. The third kappa shape index (κ3) is 5.15. The molecule has 7 heteroatoms. The molecular weight excluding hydrogens is 268 g/mol. The largest absolute Gasteiger partial charge is 0.399 e. The van der Waals surface area contributed by atoms with Crippen molar-refractivity contribution < 1.29 is 18.3 Å². The minimum absolute atomic E-state index is 0.0787. The van der Waals surface area contributed by atoms with E-state index < -0.39 is 15.6 Å². The molecule has 4 N–H and O–H groups in total. The summed E-state index contributed by atoms with van der Waals surface area (Å²) in [5.74, 6) is 0. The summed E-state index contributed by atoms with van der Waals surface area (Å²) >= 11 is 0. The molecule has 0 saturated heterocycles. The number of ether oxygens (including phenoxy) is 1. The lowest BCUT2D eigenvalue weighted by Crippen LogP contribution is -2.41. The average molecular weight is 288 g/mol. The van der Waals surface area contributed by atoms with Crippen molar-refractivity contribution in [3.8, 4) is 0 Å². The molecule has 0 aliphatic carbocycles. The predicted octanol–water partition coefficient (Wildman–Crippen LogP) is 0.335. The van der Waals surface area contributed by atoms with Gasteiger partial charge < -0.3 is 15.6 Å². The third-order valence-corrected chi connectivity index (χ3v) is 4.06. The second kappa shape index (κ2) is 6.33. The summed E-state index contributed by atoms with van der Waals surface area (Å²) in [7, 11) is -2.15. The quantitative estimate of drug-likeness (QED) is 0.628. The summed E-state index contributed by atoms with van der Waals surface area (Å²) in [6.07, 6.45) is 0.336. The van der Waals surface area contributed by atoms with Gasteiger partial charge in [0.15, 0.2) is 0 Å². The van der Waals surface area contributed by atoms with Gasteiger partial charge in [-0.1, -0.05) is 6.07 Å². The molecule has 0 saturated carbocycles. The maximum absolute atomic E-state index is 12.0. The van der Waals surface area contributed by atoms with Crippen molar-refractivity contribution >= 4 is 15.7 Å². The van der Waals surface area contributed by atoms with Crippen LogP contribution in [0.5, 0.6) is 0 Å². The first-order valence-electron chi connectivity index (χ1n) is 5.83. The topological polar surface area (TPSA) is 102 Å². The summed E-state index contributed by atoms with van der Waals surface area (Å²) in [5.41, 5.74) is 4.75. The molecule has 0 aromatic heterocycles. The number of sulfonamides is 1. The highest BCUT2D eigenvalue weighted by molar-refractivity contribution is 7.89. The number of anilines is 1. The Morgan fingerprint density at radius 2 is 2.16 bits per heavy atom. The molecule has 0 heterocycles. The first-order chi connectivity index (χ1) is 8.77. The van der Waals surface area contributed by atoms with E-state index in [1.54, 1.807) is 19.1 Å². The maximum atomic E-state index is 12.0. The molecule has 0 aliphatic rings. The van der Waals surface area contributed by atoms with Crippen LogP contribution >= 0.6 is 0 Å². The Balaban J connectivity index is 2.71. The van der Waals surface area contributed by atoms with Crippen molar-refractivity contribution in [1.29, 1.82) is 0 Å². The van der Waals surface area contributed by atoms with Gasteiger partial charge in [0.05, 0.1) is 10.5 Å². The van der Waals surface area contributed by atoms with Crippen molar-refractivity contribution in [3.63, 3.8) is 0 Å². The molecular formula is C12H20N2O4S. The number of nitrogens with two attached hydrogens (primary N) is 1. The zero-order chi connectivity index (χ0) is 14.5. The van der Waals surface area contributed by atoms with Gasteiger partial charge in [-0.05, 0) is 25.1 Å². The number of hydrogen-bond donors (Lipinski definition) is 3. The summed E-state index contributed by atoms with van der Waals surface area (Å²) in [5, 5.41) is 9.98. The Morgan fingerprint density at radius 3 is 2.74 bits per heavy atom. The van der Waals surface area contributed by atoms with Gasteiger partial charge in [0.25, 0.3) is 0 Å². The Labute approximate surface area is 113 Å². The fourth-order valence-corrected chi connectivity index (χ4v) is 2.64. The summed E-state index contributed by atoms with van der Waals surface area (Å²) < 4.78 is 31.2. The van der Waals surface area contributed by atoms with Crippen molar-refractivity contribution in [2.75, 3.05) is 26.0 Å². The summed E-state index contributed by atoms with van der Waals surface area (Å²) in [4.78, 5) is 0.0787. The predicted molar refractivity (Wildman–Crippen MR) is 73.2 cm³/mol. The van der Waals surface area contributed by atoms with Crippen LogP contribution in [0.25, 0.3) is 0 Å². The first-order valence-corrected chi connectivity index (χ1v) is 7.32. The molecule has 0 radical (unpaired) electrons. The van der Waals surface area contributed by atoms with Gasteiger partial charge in [-0.2, -0.15) is 0 Å². The van der Waals surface area contributed by atoms with E-state index in [4.69, 9.17) is 10.5 Å². The van der Waals surface area contributed by atoms with E-state index in [1.807, 2.05) is 0 Å². The van der Waals surface area contributed by atoms with Crippen LogP contribution in [-0.2, 0) is 14.8 Å². The number of benzene rings is 1. The lowest BCUT2D eigenvalue weighted by molar-refractivity contribution is 0.0292. The van der Waals surface area contributed by atoms with E-state index in [1.165, 1.54) is 19.2 Å². The molecule has 0 fully saturated rings. The van der Waals surface area contributed by atoms with Gasteiger partial charge in [-0.3, -0.25) is 0 Å². The van der Waals surface area contributed by atoms with Crippen LogP contribution < -0.4 is 10.5 Å². The number of aliphatic hydroxyl groups is 1. The average Bonchev–Trinajstić information content (AvgIpc) is 2.34. The number of rotatable bonds is 7. The molecule has 0 amide bonds. The van der Waals surface area contributed by atoms with Crippen molar-refractivity contribution in [1.82, 2.24) is 4.72 Å². The third-order valence-electron chi connectivity index (χ3n) is 2.66. The Hall–Kier alpha value is -1.15. The van der Waals surface area contributed by atoms with Gasteiger partial charge in [0.1, 0.15) is 0 Å². The molecule has 1 atom stereocenters. The van der Waals surface area contributed by atoms with Crippen LogP contribution in [0.2, 0.25) is 0 Å². The maximum Gasteiger partial charge on any atom is 0.240 e. The molecule has 1 aromatic rings. The highest BCUT2D eigenvalue weighted by Gasteiger charge is 2.24. The van der Waals surface area contributed by atoms with Crippen LogP contribution in [0.3, 0.4) is 0 Å². The molecule has 6 nitrogen and oxygen atoms in total. The van der Waals surface area contributed by atoms with Crippen LogP contribution in [0.1, 0.15) is 13.3 Å². The van der Waals surface area contributed by atoms with Crippen LogP contribution in [0.15, 0.2) is 29.2 Å². The van der Waals surface area contributed by atoms with Crippen molar-refractivity contribution in [3.05, 3.63) is 24.3 Å². The molecule has 108 valence electrons. The number of nitrogens with one attached hydrogen (secondary N) is 1. The van der Waals surface area contributed by atoms with Gasteiger partial charge in [0, 0.05) is 32.4 Å². The smallest absolute Gasteiger partial charge is 0.240 e. The van der Waals surface area contributed by atoms with Gasteiger partial charge >= 0.3 is 0 Å². The van der Waals surface area contributed by atoms with Crippen LogP contribution in [0, 0.1) is 0 Å². The fraction of sp³-hybridized carbons (Fsp3) is 0.500. The normalized spacial score (nSPS) is 15.1. The van der Waals surface area contributed by atoms with Gasteiger partial charge in [-0.15, -0.1) is 0 Å². The number of hydrogen-bond acceptors (Lipinski definition) is 5. The highest BCUT2D eigenvalue weighted by atomic mass is 32.2. The number of nitrogen functional groups attached to an aromatic ring is 1. The zero-order valence-corrected chi connectivity index (χ0v) is 11.9. The Bertz CT molecular complexity index is 514. The Kier molecular flexibility index (Phi) is 5.30. The van der Waals surface area contributed by atoms with E-state index in [0.29, 0.717) is 18.7 Å². The first kappa shape index (κ1) is 15.9. The number of methoxy groups -OCH3 is 1. The second-order valence-corrected chi connectivity index (χ2v) is 6.40. The Morgan fingerprint density at radius 1 is 1.47 bits per heavy atom. The summed E-state index contributed by atoms with van der Waals surface area (Å²) in [6, 6.07) is 5.98. The molecule has 0 spiro atoms. The molecule has 1 aromatic carbocycles. The SMILES string of the molecule is COCCC(C)(O)CNS(=O)(=O)c1cccc(N)c1. The molecule has 1 rings (SSSR count). The lowest BCUT2D eigenvalue weighted by Gasteiger charge is -2.23. The monoisotopic (exact) mass is 288 g/mol. The molecule has 0 aliphatic heterocycles. The second-order valence-electron chi connectivity index (χ2n) is 4.64. The van der Waals surface area contributed by atoms with E-state index in [9.17, 15) is 13.5 Å². The minimum Gasteiger partial charge on any atom is -0.399 e. The van der Waals surface area contributed by atoms with Crippen molar-refractivity contribution in [2.45, 2.75) is 23.8 Å². The lowest BCUT2D eigenvalue weighted by atomic mass is 10.0. The zero-order valence-electron chi connectivity index (χ0n) is 11.1. The van der Waals surface area contributed by atoms with Crippen LogP contribution in [-0.4, -0.2) is 39.4 Å². The molecule has 0 bridgehead atoms. The standard InChI is InChI=1S/C12H20N2O4S/c1-12(15,6-7-18-2)9-14-19(16,17)11-5-3-4-10(13)8-11/h3-5,8,14-15H,6-7,9,13H2,1-2H3. The van der Waals surface area contributed by atoms with Gasteiger partial charge in [-0.25, -0.2) is 13.1 Å². The van der Waals surface area contributed by atoms with Gasteiger partial charge in [0.2, 0.25) is 10.0 Å². The molecule has 1 unspecified atom stereocenters. The van der Waals surface area contributed by atoms with E-state index in [0.717, 1.165) is 0 Å². The minimum atomic E-state index is -3.67. The summed E-state index contributed by atoms with van der Waals surface area (Å²) in [6.45, 7) is 1.81. The highest BCUT2D eigenvalue weighted by Crippen LogP contribution is 2.14. The van der Waals surface area contributed by atoms with E-state index in [2.05, 4.69) is 4.72 Å². The van der Waals surface area contributed by atoms with E-state index in [-0.39, 0.29) is 11.4 Å². The van der Waals surface area contributed by atoms with Crippen LogP contribution in [0.4, 0.5) is 5.69 Å². The molecule has 19 heavy (non-hydrogen) atoms. The van der Waals surface area contributed by atoms with Crippen molar-refractivity contribution in [2.24, 2.45) is 0 Å². The van der Waals surface area contributed by atoms with E-state index >= 15 is 0 Å².